The van der Waals surface area contributed by atoms with Crippen LogP contribution in [0.2, 0.25) is 0 Å². The summed E-state index contributed by atoms with van der Waals surface area (Å²) in [6.45, 7) is 5.30. The standard InChI is InChI=1S/C14H17NO3/c1-9-5-4-6-12(7-9)8-15-13(16)10(2)11(3)14(17)18/h4-7H,8H2,1-3H3,(H,15,16)(H,17,18)/b11-10-. The van der Waals surface area contributed by atoms with Crippen LogP contribution in [0.25, 0.3) is 0 Å². The summed E-state index contributed by atoms with van der Waals surface area (Å²) in [7, 11) is 0. The number of carboxylic acid groups (broad SMARTS) is 1. The summed E-state index contributed by atoms with van der Waals surface area (Å²) in [6, 6.07) is 7.78. The number of carbonyl (C=O) groups excluding carboxylic acids is 1. The molecular weight excluding hydrogens is 230 g/mol. The van der Waals surface area contributed by atoms with Crippen molar-refractivity contribution in [3.63, 3.8) is 0 Å². The van der Waals surface area contributed by atoms with E-state index in [9.17, 15) is 9.59 Å². The Hall–Kier alpha value is -2.10. The van der Waals surface area contributed by atoms with E-state index in [1.165, 1.54) is 13.8 Å². The van der Waals surface area contributed by atoms with Crippen molar-refractivity contribution in [1.29, 1.82) is 0 Å². The average molecular weight is 247 g/mol. The van der Waals surface area contributed by atoms with E-state index >= 15 is 0 Å². The number of aryl methyl sites for hydroxylation is 1. The Morgan fingerprint density at radius 1 is 1.22 bits per heavy atom. The summed E-state index contributed by atoms with van der Waals surface area (Å²) >= 11 is 0. The smallest absolute Gasteiger partial charge is 0.331 e. The number of benzene rings is 1. The van der Waals surface area contributed by atoms with Gasteiger partial charge in [-0.25, -0.2) is 4.79 Å². The van der Waals surface area contributed by atoms with Gasteiger partial charge in [-0.1, -0.05) is 29.8 Å². The van der Waals surface area contributed by atoms with Crippen LogP contribution in [0.5, 0.6) is 0 Å². The second-order valence-electron chi connectivity index (χ2n) is 4.23. The highest BCUT2D eigenvalue weighted by Gasteiger charge is 2.12. The molecule has 2 N–H and O–H groups in total. The number of carboxylic acids is 1. The molecule has 0 saturated carbocycles. The summed E-state index contributed by atoms with van der Waals surface area (Å²) in [5, 5.41) is 11.5. The monoisotopic (exact) mass is 247 g/mol. The maximum absolute atomic E-state index is 11.7. The minimum atomic E-state index is -1.07. The van der Waals surface area contributed by atoms with Gasteiger partial charge in [0.25, 0.3) is 0 Å². The molecule has 0 fully saturated rings. The Kier molecular flexibility index (Phi) is 4.66. The molecule has 0 spiro atoms. The Morgan fingerprint density at radius 3 is 2.44 bits per heavy atom. The molecule has 0 atom stereocenters. The van der Waals surface area contributed by atoms with Crippen molar-refractivity contribution in [2.45, 2.75) is 27.3 Å². The first-order valence-electron chi connectivity index (χ1n) is 5.66. The zero-order chi connectivity index (χ0) is 13.7. The van der Waals surface area contributed by atoms with Crippen LogP contribution in [0.3, 0.4) is 0 Å². The molecule has 0 saturated heterocycles. The molecule has 0 radical (unpaired) electrons. The highest BCUT2D eigenvalue weighted by molar-refractivity contribution is 6.01. The summed E-state index contributed by atoms with van der Waals surface area (Å²) in [5.74, 6) is -1.42. The lowest BCUT2D eigenvalue weighted by molar-refractivity contribution is -0.133. The normalized spacial score (nSPS) is 11.7. The molecule has 0 aromatic heterocycles. The van der Waals surface area contributed by atoms with Crippen LogP contribution in [-0.2, 0) is 16.1 Å². The summed E-state index contributed by atoms with van der Waals surface area (Å²) in [6.07, 6.45) is 0. The lowest BCUT2D eigenvalue weighted by atomic mass is 10.1. The molecule has 0 aliphatic rings. The summed E-state index contributed by atoms with van der Waals surface area (Å²) in [4.78, 5) is 22.4. The first-order chi connectivity index (χ1) is 8.41. The molecule has 0 aliphatic heterocycles. The fourth-order valence-corrected chi connectivity index (χ4v) is 1.47. The second-order valence-corrected chi connectivity index (χ2v) is 4.23. The van der Waals surface area contributed by atoms with Crippen molar-refractivity contribution >= 4 is 11.9 Å². The molecule has 1 aromatic rings. The van der Waals surface area contributed by atoms with E-state index in [1.807, 2.05) is 31.2 Å². The van der Waals surface area contributed by atoms with E-state index in [1.54, 1.807) is 0 Å². The number of aliphatic carboxylic acids is 1. The minimum absolute atomic E-state index is 0.0664. The van der Waals surface area contributed by atoms with Gasteiger partial charge in [-0.15, -0.1) is 0 Å². The van der Waals surface area contributed by atoms with Crippen molar-refractivity contribution < 1.29 is 14.7 Å². The lowest BCUT2D eigenvalue weighted by Crippen LogP contribution is -2.25. The maximum atomic E-state index is 11.7. The predicted octanol–water partition coefficient (Wildman–Crippen LogP) is 2.03. The SMILES string of the molecule is C/C(C(=O)O)=C(\C)C(=O)NCc1cccc(C)c1. The molecule has 96 valence electrons. The largest absolute Gasteiger partial charge is 0.478 e. The molecule has 0 unspecified atom stereocenters. The van der Waals surface area contributed by atoms with Gasteiger partial charge in [-0.3, -0.25) is 4.79 Å². The van der Waals surface area contributed by atoms with Gasteiger partial charge in [-0.2, -0.15) is 0 Å². The van der Waals surface area contributed by atoms with Crippen LogP contribution in [0.1, 0.15) is 25.0 Å². The van der Waals surface area contributed by atoms with Crippen LogP contribution < -0.4 is 5.32 Å². The van der Waals surface area contributed by atoms with E-state index in [2.05, 4.69) is 5.32 Å². The van der Waals surface area contributed by atoms with Gasteiger partial charge in [0, 0.05) is 17.7 Å². The van der Waals surface area contributed by atoms with Gasteiger partial charge in [-0.05, 0) is 26.3 Å². The van der Waals surface area contributed by atoms with Crippen LogP contribution in [-0.4, -0.2) is 17.0 Å². The third kappa shape index (κ3) is 3.73. The van der Waals surface area contributed by atoms with Gasteiger partial charge >= 0.3 is 5.97 Å². The molecule has 4 heteroatoms. The fraction of sp³-hybridized carbons (Fsp3) is 0.286. The topological polar surface area (TPSA) is 66.4 Å². The second kappa shape index (κ2) is 6.00. The van der Waals surface area contributed by atoms with Crippen LogP contribution >= 0.6 is 0 Å². The highest BCUT2D eigenvalue weighted by Crippen LogP contribution is 2.06. The zero-order valence-corrected chi connectivity index (χ0v) is 10.8. The van der Waals surface area contributed by atoms with Gasteiger partial charge < -0.3 is 10.4 Å². The predicted molar refractivity (Wildman–Crippen MR) is 69.0 cm³/mol. The van der Waals surface area contributed by atoms with Crippen molar-refractivity contribution in [1.82, 2.24) is 5.32 Å². The lowest BCUT2D eigenvalue weighted by Gasteiger charge is -2.07. The molecule has 0 bridgehead atoms. The van der Waals surface area contributed by atoms with Gasteiger partial charge in [0.15, 0.2) is 0 Å². The molecule has 0 heterocycles. The number of hydrogen-bond donors (Lipinski definition) is 2. The zero-order valence-electron chi connectivity index (χ0n) is 10.8. The number of carbonyl (C=O) groups is 2. The maximum Gasteiger partial charge on any atom is 0.331 e. The Bertz CT molecular complexity index is 504. The Morgan fingerprint density at radius 2 is 1.89 bits per heavy atom. The third-order valence-corrected chi connectivity index (χ3v) is 2.76. The van der Waals surface area contributed by atoms with E-state index < -0.39 is 5.97 Å². The Labute approximate surface area is 106 Å². The molecule has 4 nitrogen and oxygen atoms in total. The quantitative estimate of drug-likeness (QED) is 0.800. The highest BCUT2D eigenvalue weighted by atomic mass is 16.4. The minimum Gasteiger partial charge on any atom is -0.478 e. The van der Waals surface area contributed by atoms with E-state index in [-0.39, 0.29) is 17.1 Å². The van der Waals surface area contributed by atoms with Crippen molar-refractivity contribution in [3.8, 4) is 0 Å². The Balaban J connectivity index is 2.67. The van der Waals surface area contributed by atoms with Crippen LogP contribution in [0, 0.1) is 6.92 Å². The number of nitrogens with one attached hydrogen (secondary N) is 1. The van der Waals surface area contributed by atoms with Crippen LogP contribution in [0.15, 0.2) is 35.4 Å². The molecule has 0 aliphatic carbocycles. The molecule has 1 amide bonds. The molecule has 1 rings (SSSR count). The summed E-state index contributed by atoms with van der Waals surface area (Å²) in [5.41, 5.74) is 2.41. The third-order valence-electron chi connectivity index (χ3n) is 2.76. The number of amides is 1. The van der Waals surface area contributed by atoms with E-state index in [0.717, 1.165) is 11.1 Å². The van der Waals surface area contributed by atoms with Gasteiger partial charge in [0.05, 0.1) is 0 Å². The average Bonchev–Trinajstić information content (AvgIpc) is 2.34. The van der Waals surface area contributed by atoms with Crippen LogP contribution in [0.4, 0.5) is 0 Å². The number of hydrogen-bond acceptors (Lipinski definition) is 2. The fourth-order valence-electron chi connectivity index (χ4n) is 1.47. The molecular formula is C14H17NO3. The first-order valence-corrected chi connectivity index (χ1v) is 5.66. The first kappa shape index (κ1) is 14.0. The molecule has 18 heavy (non-hydrogen) atoms. The van der Waals surface area contributed by atoms with E-state index in [0.29, 0.717) is 6.54 Å². The van der Waals surface area contributed by atoms with Crippen molar-refractivity contribution in [2.75, 3.05) is 0 Å². The summed E-state index contributed by atoms with van der Waals surface area (Å²) < 4.78 is 0. The van der Waals surface area contributed by atoms with Crippen molar-refractivity contribution in [2.24, 2.45) is 0 Å². The van der Waals surface area contributed by atoms with E-state index in [4.69, 9.17) is 5.11 Å². The van der Waals surface area contributed by atoms with Gasteiger partial charge in [0.2, 0.25) is 5.91 Å². The van der Waals surface area contributed by atoms with Gasteiger partial charge in [0.1, 0.15) is 0 Å². The molecule has 1 aromatic carbocycles. The number of rotatable bonds is 4. The van der Waals surface area contributed by atoms with Crippen molar-refractivity contribution in [3.05, 3.63) is 46.5 Å².